The molecule has 2 aliphatic heterocycles. The van der Waals surface area contributed by atoms with Gasteiger partial charge in [0.05, 0.1) is 6.10 Å². The van der Waals surface area contributed by atoms with Crippen LogP contribution in [0, 0.1) is 0 Å². The van der Waals surface area contributed by atoms with E-state index in [-0.39, 0.29) is 6.09 Å². The molecule has 5 heteroatoms. The van der Waals surface area contributed by atoms with Gasteiger partial charge in [-0.15, -0.1) is 0 Å². The minimum Gasteiger partial charge on any atom is -0.444 e. The van der Waals surface area contributed by atoms with E-state index in [2.05, 4.69) is 4.90 Å². The molecule has 2 fully saturated rings. The number of rotatable bonds is 2. The molecule has 0 unspecified atom stereocenters. The van der Waals surface area contributed by atoms with Crippen LogP contribution in [0.3, 0.4) is 0 Å². The predicted molar refractivity (Wildman–Crippen MR) is 77.8 cm³/mol. The number of ether oxygens (including phenoxy) is 2. The smallest absolute Gasteiger partial charge is 0.410 e. The third-order valence-corrected chi connectivity index (χ3v) is 4.14. The summed E-state index contributed by atoms with van der Waals surface area (Å²) in [6.07, 6.45) is 3.42. The molecule has 0 bridgehead atoms. The highest BCUT2D eigenvalue weighted by atomic mass is 16.6. The number of amides is 1. The topological polar surface area (TPSA) is 42.0 Å². The highest BCUT2D eigenvalue weighted by Crippen LogP contribution is 2.23. The summed E-state index contributed by atoms with van der Waals surface area (Å²) in [6, 6.07) is 0.592. The molecule has 1 atom stereocenters. The van der Waals surface area contributed by atoms with Crippen molar-refractivity contribution in [2.24, 2.45) is 0 Å². The second-order valence-corrected chi connectivity index (χ2v) is 6.84. The van der Waals surface area contributed by atoms with Gasteiger partial charge in [0, 0.05) is 39.3 Å². The predicted octanol–water partition coefficient (Wildman–Crippen LogP) is 2.11. The van der Waals surface area contributed by atoms with Gasteiger partial charge in [0.15, 0.2) is 0 Å². The number of methoxy groups -OCH3 is 1. The highest BCUT2D eigenvalue weighted by Gasteiger charge is 2.32. The number of hydrogen-bond acceptors (Lipinski definition) is 4. The average Bonchev–Trinajstić information content (AvgIpc) is 2.85. The molecule has 116 valence electrons. The summed E-state index contributed by atoms with van der Waals surface area (Å²) >= 11 is 0. The number of hydrogen-bond donors (Lipinski definition) is 0. The zero-order valence-corrected chi connectivity index (χ0v) is 13.2. The number of carbonyl (C=O) groups is 1. The second-order valence-electron chi connectivity index (χ2n) is 6.84. The highest BCUT2D eigenvalue weighted by molar-refractivity contribution is 5.68. The van der Waals surface area contributed by atoms with Crippen LogP contribution in [-0.4, -0.2) is 66.9 Å². The SMILES string of the molecule is CO[C@H]1CCN(C2CCN(C(=O)OC(C)(C)C)CC2)C1. The molecule has 20 heavy (non-hydrogen) atoms. The minimum atomic E-state index is -0.408. The zero-order chi connectivity index (χ0) is 14.8. The summed E-state index contributed by atoms with van der Waals surface area (Å²) < 4.78 is 10.8. The molecule has 2 rings (SSSR count). The van der Waals surface area contributed by atoms with Crippen LogP contribution in [0.15, 0.2) is 0 Å². The molecule has 1 amide bonds. The van der Waals surface area contributed by atoms with Gasteiger partial charge in [-0.1, -0.05) is 0 Å². The van der Waals surface area contributed by atoms with Crippen molar-refractivity contribution in [3.63, 3.8) is 0 Å². The summed E-state index contributed by atoms with van der Waals surface area (Å²) in [5.41, 5.74) is -0.408. The lowest BCUT2D eigenvalue weighted by molar-refractivity contribution is 0.0145. The van der Waals surface area contributed by atoms with Crippen LogP contribution in [0.25, 0.3) is 0 Å². The molecule has 0 aromatic heterocycles. The molecule has 2 aliphatic rings. The molecular formula is C15H28N2O3. The maximum atomic E-state index is 12.0. The fourth-order valence-electron chi connectivity index (χ4n) is 3.02. The Morgan fingerprint density at radius 3 is 2.25 bits per heavy atom. The minimum absolute atomic E-state index is 0.174. The summed E-state index contributed by atoms with van der Waals surface area (Å²) in [6.45, 7) is 9.48. The Labute approximate surface area is 122 Å². The molecule has 0 spiro atoms. The number of nitrogens with zero attached hydrogens (tertiary/aromatic N) is 2. The van der Waals surface area contributed by atoms with E-state index in [0.717, 1.165) is 45.4 Å². The third-order valence-electron chi connectivity index (χ3n) is 4.14. The average molecular weight is 284 g/mol. The van der Waals surface area contributed by atoms with E-state index < -0.39 is 5.60 Å². The second kappa shape index (κ2) is 6.31. The van der Waals surface area contributed by atoms with Crippen LogP contribution in [0.4, 0.5) is 4.79 Å². The Hall–Kier alpha value is -0.810. The van der Waals surface area contributed by atoms with E-state index in [0.29, 0.717) is 12.1 Å². The molecule has 5 nitrogen and oxygen atoms in total. The lowest BCUT2D eigenvalue weighted by Gasteiger charge is -2.37. The summed E-state index contributed by atoms with van der Waals surface area (Å²) in [5.74, 6) is 0. The lowest BCUT2D eigenvalue weighted by atomic mass is 10.0. The van der Waals surface area contributed by atoms with Gasteiger partial charge in [0.2, 0.25) is 0 Å². The van der Waals surface area contributed by atoms with Gasteiger partial charge in [-0.05, 0) is 40.0 Å². The molecule has 0 aromatic rings. The summed E-state index contributed by atoms with van der Waals surface area (Å²) in [7, 11) is 1.79. The van der Waals surface area contributed by atoms with E-state index in [1.54, 1.807) is 7.11 Å². The molecule has 0 N–H and O–H groups in total. The Morgan fingerprint density at radius 2 is 1.75 bits per heavy atom. The van der Waals surface area contributed by atoms with Gasteiger partial charge in [-0.25, -0.2) is 4.79 Å². The number of carbonyl (C=O) groups excluding carboxylic acids is 1. The monoisotopic (exact) mass is 284 g/mol. The first-order chi connectivity index (χ1) is 9.39. The van der Waals surface area contributed by atoms with Gasteiger partial charge in [-0.2, -0.15) is 0 Å². The molecular weight excluding hydrogens is 256 g/mol. The molecule has 0 saturated carbocycles. The van der Waals surface area contributed by atoms with Crippen molar-refractivity contribution in [1.82, 2.24) is 9.80 Å². The first-order valence-electron chi connectivity index (χ1n) is 7.64. The van der Waals surface area contributed by atoms with Crippen molar-refractivity contribution in [2.75, 3.05) is 33.3 Å². The lowest BCUT2D eigenvalue weighted by Crippen LogP contribution is -2.47. The van der Waals surface area contributed by atoms with Gasteiger partial charge in [0.1, 0.15) is 5.60 Å². The Kier molecular flexibility index (Phi) is 4.91. The molecule has 0 aromatic carbocycles. The third kappa shape index (κ3) is 4.09. The molecule has 0 aliphatic carbocycles. The zero-order valence-electron chi connectivity index (χ0n) is 13.2. The van der Waals surface area contributed by atoms with Gasteiger partial charge >= 0.3 is 6.09 Å². The van der Waals surface area contributed by atoms with Crippen LogP contribution in [0.5, 0.6) is 0 Å². The Balaban J connectivity index is 1.76. The van der Waals surface area contributed by atoms with Crippen molar-refractivity contribution in [1.29, 1.82) is 0 Å². The van der Waals surface area contributed by atoms with Crippen LogP contribution < -0.4 is 0 Å². The summed E-state index contributed by atoms with van der Waals surface area (Å²) in [5, 5.41) is 0. The largest absolute Gasteiger partial charge is 0.444 e. The molecule has 2 heterocycles. The Morgan fingerprint density at radius 1 is 1.10 bits per heavy atom. The fourth-order valence-corrected chi connectivity index (χ4v) is 3.02. The number of likely N-dealkylation sites (tertiary alicyclic amines) is 2. The van der Waals surface area contributed by atoms with E-state index in [1.807, 2.05) is 25.7 Å². The molecule has 2 saturated heterocycles. The standard InChI is InChI=1S/C15H28N2O3/c1-15(2,3)20-14(18)16-8-5-12(6-9-16)17-10-7-13(11-17)19-4/h12-13H,5-11H2,1-4H3/t13-/m0/s1. The normalized spacial score (nSPS) is 26.0. The van der Waals surface area contributed by atoms with E-state index >= 15 is 0 Å². The van der Waals surface area contributed by atoms with Crippen molar-refractivity contribution in [2.45, 2.75) is 57.8 Å². The van der Waals surface area contributed by atoms with Crippen LogP contribution >= 0.6 is 0 Å². The first-order valence-corrected chi connectivity index (χ1v) is 7.64. The fraction of sp³-hybridized carbons (Fsp3) is 0.933. The first kappa shape index (κ1) is 15.6. The van der Waals surface area contributed by atoms with Crippen LogP contribution in [0.1, 0.15) is 40.0 Å². The van der Waals surface area contributed by atoms with Crippen LogP contribution in [0.2, 0.25) is 0 Å². The molecule has 0 radical (unpaired) electrons. The van der Waals surface area contributed by atoms with Gasteiger partial charge < -0.3 is 14.4 Å². The van der Waals surface area contributed by atoms with Gasteiger partial charge in [0.25, 0.3) is 0 Å². The van der Waals surface area contributed by atoms with Crippen molar-refractivity contribution < 1.29 is 14.3 Å². The van der Waals surface area contributed by atoms with Crippen LogP contribution in [-0.2, 0) is 9.47 Å². The quantitative estimate of drug-likeness (QED) is 0.779. The Bertz CT molecular complexity index is 333. The van der Waals surface area contributed by atoms with Gasteiger partial charge in [-0.3, -0.25) is 4.90 Å². The van der Waals surface area contributed by atoms with E-state index in [1.165, 1.54) is 0 Å². The number of piperidine rings is 1. The van der Waals surface area contributed by atoms with E-state index in [4.69, 9.17) is 9.47 Å². The van der Waals surface area contributed by atoms with Crippen molar-refractivity contribution in [3.05, 3.63) is 0 Å². The van der Waals surface area contributed by atoms with E-state index in [9.17, 15) is 4.79 Å². The maximum absolute atomic E-state index is 12.0. The van der Waals surface area contributed by atoms with Crippen molar-refractivity contribution in [3.8, 4) is 0 Å². The maximum Gasteiger partial charge on any atom is 0.410 e. The van der Waals surface area contributed by atoms with Crippen molar-refractivity contribution >= 4 is 6.09 Å². The summed E-state index contributed by atoms with van der Waals surface area (Å²) in [4.78, 5) is 16.4.